The Morgan fingerprint density at radius 3 is 3.25 bits per heavy atom. The molecule has 4 heteroatoms. The molecule has 0 aliphatic rings. The van der Waals surface area contributed by atoms with Gasteiger partial charge in [0.2, 0.25) is 5.13 Å². The van der Waals surface area contributed by atoms with E-state index in [2.05, 4.69) is 27.9 Å². The Morgan fingerprint density at radius 2 is 2.58 bits per heavy atom. The van der Waals surface area contributed by atoms with Crippen LogP contribution in [0, 0.1) is 0 Å². The van der Waals surface area contributed by atoms with E-state index in [1.807, 2.05) is 5.38 Å². The Hall–Kier alpha value is -0.990. The molecule has 64 valence electrons. The minimum atomic E-state index is 0.718. The number of thiazole rings is 1. The van der Waals surface area contributed by atoms with E-state index in [0.29, 0.717) is 0 Å². The summed E-state index contributed by atoms with van der Waals surface area (Å²) in [6.07, 6.45) is 3.97. The van der Waals surface area contributed by atoms with E-state index in [-0.39, 0.29) is 0 Å². The van der Waals surface area contributed by atoms with Crippen molar-refractivity contribution in [2.75, 3.05) is 6.54 Å². The SMILES string of the molecule is CCCCN=C=Nc1nccs1. The van der Waals surface area contributed by atoms with Gasteiger partial charge >= 0.3 is 0 Å². The predicted octanol–water partition coefficient (Wildman–Crippen LogP) is 2.75. The standard InChI is InChI=1S/C8H11N3S/c1-2-3-4-9-7-11-8-10-5-6-12-8/h5-6H,2-4H2,1H3. The van der Waals surface area contributed by atoms with Crippen molar-refractivity contribution < 1.29 is 0 Å². The highest BCUT2D eigenvalue weighted by molar-refractivity contribution is 7.13. The summed E-state index contributed by atoms with van der Waals surface area (Å²) < 4.78 is 0. The molecule has 0 atom stereocenters. The fourth-order valence-electron chi connectivity index (χ4n) is 0.636. The third kappa shape index (κ3) is 3.42. The van der Waals surface area contributed by atoms with Crippen LogP contribution in [0.25, 0.3) is 0 Å². The van der Waals surface area contributed by atoms with Crippen LogP contribution in [0.4, 0.5) is 5.13 Å². The van der Waals surface area contributed by atoms with Gasteiger partial charge < -0.3 is 0 Å². The first-order chi connectivity index (χ1) is 5.93. The Bertz CT molecular complexity index is 260. The van der Waals surface area contributed by atoms with E-state index in [0.717, 1.165) is 24.5 Å². The third-order valence-electron chi connectivity index (χ3n) is 1.26. The Labute approximate surface area is 75.9 Å². The van der Waals surface area contributed by atoms with Crippen LogP contribution in [0.5, 0.6) is 0 Å². The van der Waals surface area contributed by atoms with Gasteiger partial charge in [-0.25, -0.2) is 9.98 Å². The van der Waals surface area contributed by atoms with E-state index in [1.54, 1.807) is 6.20 Å². The molecule has 0 bridgehead atoms. The number of unbranched alkanes of at least 4 members (excludes halogenated alkanes) is 1. The summed E-state index contributed by atoms with van der Waals surface area (Å²) in [6.45, 7) is 2.94. The first-order valence-electron chi connectivity index (χ1n) is 3.95. The topological polar surface area (TPSA) is 37.6 Å². The Kier molecular flexibility index (Phi) is 4.27. The summed E-state index contributed by atoms with van der Waals surface area (Å²) in [5.41, 5.74) is 0. The van der Waals surface area contributed by atoms with Gasteiger partial charge in [0.05, 0.1) is 6.01 Å². The van der Waals surface area contributed by atoms with Crippen LogP contribution in [-0.2, 0) is 0 Å². The van der Waals surface area contributed by atoms with Crippen LogP contribution >= 0.6 is 11.3 Å². The molecule has 1 aromatic heterocycles. The molecule has 3 nitrogen and oxygen atoms in total. The van der Waals surface area contributed by atoms with Crippen LogP contribution in [-0.4, -0.2) is 17.5 Å². The number of rotatable bonds is 4. The number of aromatic nitrogens is 1. The summed E-state index contributed by atoms with van der Waals surface area (Å²) in [4.78, 5) is 11.9. The fraction of sp³-hybridized carbons (Fsp3) is 0.500. The summed E-state index contributed by atoms with van der Waals surface area (Å²) in [6, 6.07) is 2.62. The first-order valence-corrected chi connectivity index (χ1v) is 4.83. The van der Waals surface area contributed by atoms with Crippen molar-refractivity contribution in [1.82, 2.24) is 4.98 Å². The molecule has 12 heavy (non-hydrogen) atoms. The highest BCUT2D eigenvalue weighted by Crippen LogP contribution is 2.12. The van der Waals surface area contributed by atoms with Crippen LogP contribution in [0.2, 0.25) is 0 Å². The van der Waals surface area contributed by atoms with Crippen molar-refractivity contribution in [3.8, 4) is 0 Å². The molecule has 0 N–H and O–H groups in total. The van der Waals surface area contributed by atoms with Gasteiger partial charge in [-0.2, -0.15) is 4.99 Å². The number of hydrogen-bond donors (Lipinski definition) is 0. The largest absolute Gasteiger partial charge is 0.226 e. The van der Waals surface area contributed by atoms with Gasteiger partial charge in [-0.1, -0.05) is 13.3 Å². The molecule has 0 spiro atoms. The van der Waals surface area contributed by atoms with Crippen molar-refractivity contribution >= 4 is 22.5 Å². The second-order valence-electron chi connectivity index (χ2n) is 2.26. The molecule has 0 amide bonds. The average Bonchev–Trinajstić information content (AvgIpc) is 2.57. The maximum atomic E-state index is 3.99. The van der Waals surface area contributed by atoms with E-state index in [9.17, 15) is 0 Å². The maximum absolute atomic E-state index is 3.99. The van der Waals surface area contributed by atoms with E-state index in [4.69, 9.17) is 0 Å². The van der Waals surface area contributed by atoms with Crippen molar-refractivity contribution in [1.29, 1.82) is 0 Å². The number of nitrogens with zero attached hydrogens (tertiary/aromatic N) is 3. The van der Waals surface area contributed by atoms with Crippen LogP contribution in [0.3, 0.4) is 0 Å². The molecule has 0 unspecified atom stereocenters. The first kappa shape index (κ1) is 9.10. The zero-order chi connectivity index (χ0) is 8.65. The van der Waals surface area contributed by atoms with Gasteiger partial charge in [0.1, 0.15) is 0 Å². The molecule has 0 radical (unpaired) electrons. The van der Waals surface area contributed by atoms with Gasteiger partial charge in [-0.3, -0.25) is 0 Å². The van der Waals surface area contributed by atoms with Crippen LogP contribution in [0.15, 0.2) is 21.6 Å². The highest BCUT2D eigenvalue weighted by atomic mass is 32.1. The van der Waals surface area contributed by atoms with E-state index < -0.39 is 0 Å². The molecule has 0 fully saturated rings. The van der Waals surface area contributed by atoms with Gasteiger partial charge in [-0.05, 0) is 6.42 Å². The molecule has 0 aliphatic carbocycles. The molecule has 1 aromatic rings. The van der Waals surface area contributed by atoms with Crippen molar-refractivity contribution in [3.05, 3.63) is 11.6 Å². The normalized spacial score (nSPS) is 9.08. The lowest BCUT2D eigenvalue weighted by Gasteiger charge is -1.82. The van der Waals surface area contributed by atoms with E-state index >= 15 is 0 Å². The fourth-order valence-corrected chi connectivity index (χ4v) is 1.10. The molecule has 0 aliphatic heterocycles. The van der Waals surface area contributed by atoms with Gasteiger partial charge in [0.25, 0.3) is 0 Å². The van der Waals surface area contributed by atoms with Gasteiger partial charge in [0, 0.05) is 18.1 Å². The second-order valence-corrected chi connectivity index (χ2v) is 3.13. The maximum Gasteiger partial charge on any atom is 0.219 e. The number of aliphatic imine (C=N–C) groups is 2. The Morgan fingerprint density at radius 1 is 1.67 bits per heavy atom. The summed E-state index contributed by atoms with van der Waals surface area (Å²) in [5, 5.41) is 2.60. The predicted molar refractivity (Wildman–Crippen MR) is 51.4 cm³/mol. The average molecular weight is 181 g/mol. The second kappa shape index (κ2) is 5.63. The zero-order valence-electron chi connectivity index (χ0n) is 7.03. The monoisotopic (exact) mass is 181 g/mol. The minimum absolute atomic E-state index is 0.718. The molecule has 1 rings (SSSR count). The lowest BCUT2D eigenvalue weighted by molar-refractivity contribution is 0.810. The minimum Gasteiger partial charge on any atom is -0.226 e. The van der Waals surface area contributed by atoms with Crippen molar-refractivity contribution in [3.63, 3.8) is 0 Å². The third-order valence-corrected chi connectivity index (χ3v) is 1.92. The molecule has 0 saturated carbocycles. The summed E-state index contributed by atoms with van der Waals surface area (Å²) >= 11 is 1.49. The highest BCUT2D eigenvalue weighted by Gasteiger charge is 1.85. The quantitative estimate of drug-likeness (QED) is 0.520. The smallest absolute Gasteiger partial charge is 0.219 e. The molecular formula is C8H11N3S. The molecular weight excluding hydrogens is 170 g/mol. The molecule has 0 aromatic carbocycles. The Balaban J connectivity index is 2.35. The van der Waals surface area contributed by atoms with E-state index in [1.165, 1.54) is 11.3 Å². The van der Waals surface area contributed by atoms with Crippen molar-refractivity contribution in [2.24, 2.45) is 9.98 Å². The lowest BCUT2D eigenvalue weighted by Crippen LogP contribution is -1.75. The number of hydrogen-bond acceptors (Lipinski definition) is 4. The molecule has 1 heterocycles. The van der Waals surface area contributed by atoms with Crippen molar-refractivity contribution in [2.45, 2.75) is 19.8 Å². The lowest BCUT2D eigenvalue weighted by atomic mass is 10.3. The zero-order valence-corrected chi connectivity index (χ0v) is 7.84. The summed E-state index contributed by atoms with van der Waals surface area (Å²) in [7, 11) is 0. The van der Waals surface area contributed by atoms with Gasteiger partial charge in [0.15, 0.2) is 0 Å². The van der Waals surface area contributed by atoms with Gasteiger partial charge in [-0.15, -0.1) is 11.3 Å². The van der Waals surface area contributed by atoms with Crippen LogP contribution in [0.1, 0.15) is 19.8 Å². The molecule has 0 saturated heterocycles. The van der Waals surface area contributed by atoms with Crippen LogP contribution < -0.4 is 0 Å². The summed E-state index contributed by atoms with van der Waals surface area (Å²) in [5.74, 6) is 0.